The maximum absolute atomic E-state index is 12.2. The van der Waals surface area contributed by atoms with Crippen LogP contribution in [0.25, 0.3) is 0 Å². The van der Waals surface area contributed by atoms with E-state index in [1.807, 2.05) is 29.6 Å². The van der Waals surface area contributed by atoms with Crippen LogP contribution in [-0.2, 0) is 17.6 Å². The number of thiazole rings is 1. The van der Waals surface area contributed by atoms with Crippen LogP contribution in [0.15, 0.2) is 29.6 Å². The Hall–Kier alpha value is -2.41. The number of carbonyl (C=O) groups is 2. The van der Waals surface area contributed by atoms with Crippen LogP contribution in [0.2, 0.25) is 0 Å². The Morgan fingerprint density at radius 2 is 1.93 bits per heavy atom. The highest BCUT2D eigenvalue weighted by Crippen LogP contribution is 2.20. The van der Waals surface area contributed by atoms with Crippen LogP contribution in [0.4, 0.5) is 15.6 Å². The lowest BCUT2D eigenvalue weighted by Crippen LogP contribution is -2.38. The van der Waals surface area contributed by atoms with Crippen LogP contribution in [-0.4, -0.2) is 23.0 Å². The molecule has 0 saturated heterocycles. The molecule has 1 saturated carbocycles. The van der Waals surface area contributed by atoms with E-state index in [4.69, 9.17) is 0 Å². The second-order valence-corrected chi connectivity index (χ2v) is 7.99. The summed E-state index contributed by atoms with van der Waals surface area (Å²) in [7, 11) is 0. The number of benzene rings is 1. The Morgan fingerprint density at radius 1 is 1.14 bits per heavy atom. The highest BCUT2D eigenvalue weighted by molar-refractivity contribution is 7.13. The Bertz CT molecular complexity index is 799. The van der Waals surface area contributed by atoms with Crippen LogP contribution in [0.5, 0.6) is 0 Å². The van der Waals surface area contributed by atoms with Gasteiger partial charge in [-0.1, -0.05) is 44.4 Å². The van der Waals surface area contributed by atoms with Gasteiger partial charge >= 0.3 is 6.03 Å². The number of amides is 3. The number of para-hydroxylation sites is 1. The lowest BCUT2D eigenvalue weighted by molar-refractivity contribution is -0.116. The molecule has 0 aliphatic heterocycles. The fraction of sp³-hybridized carbons (Fsp3) is 0.476. The number of hydrogen-bond acceptors (Lipinski definition) is 4. The molecule has 3 N–H and O–H groups in total. The summed E-state index contributed by atoms with van der Waals surface area (Å²) in [5.74, 6) is -0.0292. The van der Waals surface area contributed by atoms with Gasteiger partial charge in [0.15, 0.2) is 5.13 Å². The fourth-order valence-corrected chi connectivity index (χ4v) is 4.19. The number of carbonyl (C=O) groups excluding carboxylic acids is 2. The number of aromatic nitrogens is 1. The minimum absolute atomic E-state index is 0.0292. The van der Waals surface area contributed by atoms with Crippen LogP contribution >= 0.6 is 11.3 Å². The van der Waals surface area contributed by atoms with Crippen molar-refractivity contribution in [2.75, 3.05) is 10.6 Å². The summed E-state index contributed by atoms with van der Waals surface area (Å²) in [4.78, 5) is 28.8. The third-order valence-corrected chi connectivity index (χ3v) is 5.80. The number of nitrogens with one attached hydrogen (secondary N) is 3. The van der Waals surface area contributed by atoms with Crippen molar-refractivity contribution in [1.82, 2.24) is 10.3 Å². The van der Waals surface area contributed by atoms with Crippen molar-refractivity contribution in [3.63, 3.8) is 0 Å². The van der Waals surface area contributed by atoms with E-state index in [9.17, 15) is 9.59 Å². The van der Waals surface area contributed by atoms with E-state index in [1.54, 1.807) is 0 Å². The van der Waals surface area contributed by atoms with E-state index in [2.05, 4.69) is 27.9 Å². The quantitative estimate of drug-likeness (QED) is 0.628. The van der Waals surface area contributed by atoms with E-state index in [0.29, 0.717) is 18.0 Å². The zero-order valence-electron chi connectivity index (χ0n) is 16.3. The Labute approximate surface area is 170 Å². The molecule has 1 aliphatic carbocycles. The molecule has 150 valence electrons. The van der Waals surface area contributed by atoms with Gasteiger partial charge in [0, 0.05) is 23.5 Å². The van der Waals surface area contributed by atoms with Crippen LogP contribution in [0.3, 0.4) is 0 Å². The summed E-state index contributed by atoms with van der Waals surface area (Å²) >= 11 is 1.39. The summed E-state index contributed by atoms with van der Waals surface area (Å²) in [5.41, 5.74) is 2.81. The molecule has 6 nitrogen and oxygen atoms in total. The molecule has 28 heavy (non-hydrogen) atoms. The van der Waals surface area contributed by atoms with Gasteiger partial charge in [0.2, 0.25) is 5.91 Å². The number of urea groups is 1. The molecule has 1 fully saturated rings. The normalized spacial score (nSPS) is 14.5. The van der Waals surface area contributed by atoms with Crippen LogP contribution in [0.1, 0.15) is 56.7 Å². The molecule has 7 heteroatoms. The van der Waals surface area contributed by atoms with Crippen molar-refractivity contribution >= 4 is 34.1 Å². The van der Waals surface area contributed by atoms with Gasteiger partial charge < -0.3 is 10.6 Å². The van der Waals surface area contributed by atoms with Gasteiger partial charge in [-0.3, -0.25) is 10.1 Å². The fourth-order valence-electron chi connectivity index (χ4n) is 3.45. The monoisotopic (exact) mass is 400 g/mol. The zero-order chi connectivity index (χ0) is 19.8. The average molecular weight is 401 g/mol. The highest BCUT2D eigenvalue weighted by Gasteiger charge is 2.16. The largest absolute Gasteiger partial charge is 0.335 e. The lowest BCUT2D eigenvalue weighted by Gasteiger charge is -2.22. The third kappa shape index (κ3) is 6.05. The predicted octanol–water partition coefficient (Wildman–Crippen LogP) is 4.73. The first-order valence-electron chi connectivity index (χ1n) is 10.0. The van der Waals surface area contributed by atoms with Crippen molar-refractivity contribution in [1.29, 1.82) is 0 Å². The Morgan fingerprint density at radius 3 is 2.71 bits per heavy atom. The van der Waals surface area contributed by atoms with Gasteiger partial charge in [-0.25, -0.2) is 9.78 Å². The first kappa shape index (κ1) is 20.3. The summed E-state index contributed by atoms with van der Waals surface area (Å²) in [6.45, 7) is 2.07. The SMILES string of the molecule is CCc1ccccc1NC(=O)CCc1csc(NC(=O)NC2CCCCC2)n1. The van der Waals surface area contributed by atoms with E-state index in [0.717, 1.165) is 36.2 Å². The van der Waals surface area contributed by atoms with Crippen molar-refractivity contribution in [3.8, 4) is 0 Å². The Balaban J connectivity index is 1.43. The minimum Gasteiger partial charge on any atom is -0.335 e. The second-order valence-electron chi connectivity index (χ2n) is 7.14. The summed E-state index contributed by atoms with van der Waals surface area (Å²) in [5, 5.41) is 11.3. The molecular formula is C21H28N4O2S. The van der Waals surface area contributed by atoms with Crippen molar-refractivity contribution in [2.24, 2.45) is 0 Å². The molecule has 1 aliphatic rings. The highest BCUT2D eigenvalue weighted by atomic mass is 32.1. The Kier molecular flexibility index (Phi) is 7.42. The van der Waals surface area contributed by atoms with E-state index in [1.165, 1.54) is 30.6 Å². The molecule has 0 radical (unpaired) electrons. The van der Waals surface area contributed by atoms with Crippen LogP contribution < -0.4 is 16.0 Å². The first-order chi connectivity index (χ1) is 13.6. The lowest BCUT2D eigenvalue weighted by atomic mass is 9.96. The van der Waals surface area contributed by atoms with Gasteiger partial charge in [-0.15, -0.1) is 11.3 Å². The standard InChI is InChI=1S/C21H28N4O2S/c1-2-15-8-6-7-11-18(15)24-19(26)13-12-17-14-28-21(23-17)25-20(27)22-16-9-4-3-5-10-16/h6-8,11,14,16H,2-5,9-10,12-13H2,1H3,(H,24,26)(H2,22,23,25,27). The molecule has 0 unspecified atom stereocenters. The molecule has 3 rings (SSSR count). The molecule has 0 spiro atoms. The van der Waals surface area contributed by atoms with Crippen molar-refractivity contribution < 1.29 is 9.59 Å². The number of hydrogen-bond donors (Lipinski definition) is 3. The molecule has 1 heterocycles. The number of anilines is 2. The molecule has 3 amide bonds. The number of nitrogens with zero attached hydrogens (tertiary/aromatic N) is 1. The first-order valence-corrected chi connectivity index (χ1v) is 10.9. The van der Waals surface area contributed by atoms with E-state index >= 15 is 0 Å². The van der Waals surface area contributed by atoms with Gasteiger partial charge in [0.05, 0.1) is 5.69 Å². The number of aryl methyl sites for hydroxylation is 2. The maximum atomic E-state index is 12.2. The van der Waals surface area contributed by atoms with Crippen molar-refractivity contribution in [2.45, 2.75) is 64.3 Å². The second kappa shape index (κ2) is 10.2. The predicted molar refractivity (Wildman–Crippen MR) is 114 cm³/mol. The minimum atomic E-state index is -0.193. The van der Waals surface area contributed by atoms with E-state index in [-0.39, 0.29) is 18.0 Å². The topological polar surface area (TPSA) is 83.1 Å². The summed E-state index contributed by atoms with van der Waals surface area (Å²) < 4.78 is 0. The molecule has 2 aromatic rings. The summed E-state index contributed by atoms with van der Waals surface area (Å²) in [6.07, 6.45) is 7.49. The van der Waals surface area contributed by atoms with Gasteiger partial charge in [0.25, 0.3) is 0 Å². The maximum Gasteiger partial charge on any atom is 0.321 e. The average Bonchev–Trinajstić information content (AvgIpc) is 3.14. The molecular weight excluding hydrogens is 372 g/mol. The molecule has 0 atom stereocenters. The third-order valence-electron chi connectivity index (χ3n) is 4.99. The van der Waals surface area contributed by atoms with Gasteiger partial charge in [-0.05, 0) is 37.3 Å². The molecule has 1 aromatic heterocycles. The summed E-state index contributed by atoms with van der Waals surface area (Å²) in [6, 6.07) is 7.91. The molecule has 1 aromatic carbocycles. The van der Waals surface area contributed by atoms with Crippen LogP contribution in [0, 0.1) is 0 Å². The smallest absolute Gasteiger partial charge is 0.321 e. The zero-order valence-corrected chi connectivity index (χ0v) is 17.1. The van der Waals surface area contributed by atoms with Crippen molar-refractivity contribution in [3.05, 3.63) is 40.9 Å². The van der Waals surface area contributed by atoms with Gasteiger partial charge in [-0.2, -0.15) is 0 Å². The van der Waals surface area contributed by atoms with Gasteiger partial charge in [0.1, 0.15) is 0 Å². The molecule has 0 bridgehead atoms. The number of rotatable bonds is 7. The van der Waals surface area contributed by atoms with E-state index < -0.39 is 0 Å².